The van der Waals surface area contributed by atoms with Gasteiger partial charge in [0.2, 0.25) is 15.9 Å². The molecule has 7 nitrogen and oxygen atoms in total. The molecule has 0 spiro atoms. The summed E-state index contributed by atoms with van der Waals surface area (Å²) in [5, 5.41) is 11.5. The molecule has 0 unspecified atom stereocenters. The monoisotopic (exact) mass is 603 g/mol. The van der Waals surface area contributed by atoms with Crippen molar-refractivity contribution in [2.45, 2.75) is 63.1 Å². The minimum absolute atomic E-state index is 0.0973. The molecule has 0 saturated carbocycles. The number of aliphatic hydroxyl groups is 1. The first kappa shape index (κ1) is 29.9. The molecule has 42 heavy (non-hydrogen) atoms. The first-order valence-electron chi connectivity index (χ1n) is 14.0. The SMILES string of the molecule is CCc1ccc(S(=O)(=O)N[C@@H]2c3cc(N(Cc4cccc(C)n4)C(=O)CCc4ccc(Cl)cc4)ccc3C[C@H]2O)cc1. The number of hydrogen-bond donors (Lipinski definition) is 2. The number of benzene rings is 3. The molecular formula is C33H34ClN3O4S. The molecule has 1 aliphatic carbocycles. The Bertz CT molecular complexity index is 1670. The molecule has 9 heteroatoms. The molecule has 0 saturated heterocycles. The van der Waals surface area contributed by atoms with Crippen LogP contribution in [-0.2, 0) is 40.6 Å². The van der Waals surface area contributed by atoms with Gasteiger partial charge in [0.05, 0.1) is 29.3 Å². The lowest BCUT2D eigenvalue weighted by Gasteiger charge is -2.25. The van der Waals surface area contributed by atoms with E-state index >= 15 is 0 Å². The highest BCUT2D eigenvalue weighted by Crippen LogP contribution is 2.36. The van der Waals surface area contributed by atoms with Gasteiger partial charge in [0, 0.05) is 29.2 Å². The van der Waals surface area contributed by atoms with Gasteiger partial charge in [-0.1, -0.05) is 54.9 Å². The van der Waals surface area contributed by atoms with Gasteiger partial charge in [-0.05, 0) is 90.6 Å². The summed E-state index contributed by atoms with van der Waals surface area (Å²) in [7, 11) is -3.90. The highest BCUT2D eigenvalue weighted by atomic mass is 35.5. The van der Waals surface area contributed by atoms with Crippen LogP contribution in [0.5, 0.6) is 0 Å². The number of carbonyl (C=O) groups is 1. The smallest absolute Gasteiger partial charge is 0.241 e. The minimum atomic E-state index is -3.90. The molecule has 218 valence electrons. The molecule has 5 rings (SSSR count). The number of nitrogens with one attached hydrogen (secondary N) is 1. The summed E-state index contributed by atoms with van der Waals surface area (Å²) in [6.45, 7) is 4.16. The number of anilines is 1. The third kappa shape index (κ3) is 6.90. The number of hydrogen-bond acceptors (Lipinski definition) is 5. The molecule has 4 aromatic rings. The molecular weight excluding hydrogens is 570 g/mol. The second-order valence-electron chi connectivity index (χ2n) is 10.6. The van der Waals surface area contributed by atoms with E-state index in [9.17, 15) is 18.3 Å². The van der Waals surface area contributed by atoms with Gasteiger partial charge in [0.25, 0.3) is 0 Å². The van der Waals surface area contributed by atoms with Crippen LogP contribution in [-0.4, -0.2) is 30.5 Å². The summed E-state index contributed by atoms with van der Waals surface area (Å²) >= 11 is 6.02. The number of pyridine rings is 1. The summed E-state index contributed by atoms with van der Waals surface area (Å²) in [6, 6.07) is 24.5. The van der Waals surface area contributed by atoms with Gasteiger partial charge >= 0.3 is 0 Å². The van der Waals surface area contributed by atoms with Crippen molar-refractivity contribution < 1.29 is 18.3 Å². The van der Waals surface area contributed by atoms with Crippen LogP contribution in [0.3, 0.4) is 0 Å². The number of aliphatic hydroxyl groups excluding tert-OH is 1. The zero-order chi connectivity index (χ0) is 29.9. The molecule has 0 aliphatic heterocycles. The Morgan fingerprint density at radius 2 is 1.74 bits per heavy atom. The van der Waals surface area contributed by atoms with E-state index in [1.165, 1.54) is 0 Å². The maximum absolute atomic E-state index is 13.7. The number of halogens is 1. The normalized spacial score (nSPS) is 16.3. The molecule has 3 aromatic carbocycles. The highest BCUT2D eigenvalue weighted by Gasteiger charge is 2.35. The van der Waals surface area contributed by atoms with Crippen molar-refractivity contribution in [1.29, 1.82) is 0 Å². The fourth-order valence-electron chi connectivity index (χ4n) is 5.27. The van der Waals surface area contributed by atoms with Crippen LogP contribution in [0.1, 0.15) is 53.0 Å². The van der Waals surface area contributed by atoms with Gasteiger partial charge in [0.1, 0.15) is 0 Å². The van der Waals surface area contributed by atoms with E-state index in [0.29, 0.717) is 29.1 Å². The van der Waals surface area contributed by atoms with Gasteiger partial charge in [-0.3, -0.25) is 9.78 Å². The van der Waals surface area contributed by atoms with E-state index in [4.69, 9.17) is 11.6 Å². The highest BCUT2D eigenvalue weighted by molar-refractivity contribution is 7.89. The number of aromatic nitrogens is 1. The Hall–Kier alpha value is -3.56. The Morgan fingerprint density at radius 3 is 2.43 bits per heavy atom. The lowest BCUT2D eigenvalue weighted by Crippen LogP contribution is -2.34. The van der Waals surface area contributed by atoms with Crippen LogP contribution in [0.2, 0.25) is 5.02 Å². The fraction of sp³-hybridized carbons (Fsp3) is 0.273. The molecule has 2 N–H and O–H groups in total. The number of rotatable bonds is 10. The number of nitrogens with zero attached hydrogens (tertiary/aromatic N) is 2. The summed E-state index contributed by atoms with van der Waals surface area (Å²) < 4.78 is 29.3. The molecule has 0 radical (unpaired) electrons. The lowest BCUT2D eigenvalue weighted by molar-refractivity contribution is -0.118. The van der Waals surface area contributed by atoms with E-state index in [0.717, 1.165) is 34.5 Å². The lowest BCUT2D eigenvalue weighted by atomic mass is 10.1. The standard InChI is InChI=1S/C33H34ClN3O4S/c1-3-23-9-16-29(17-10-23)42(40,41)36-33-30-20-28(15-12-25(30)19-31(33)38)37(21-27-6-4-5-22(2)35-27)32(39)18-11-24-7-13-26(34)14-8-24/h4-10,12-17,20,31,33,36,38H,3,11,18-19,21H2,1-2H3/t31-,33-/m1/s1. The van der Waals surface area contributed by atoms with Crippen LogP contribution in [0.25, 0.3) is 0 Å². The average molecular weight is 604 g/mol. The number of fused-ring (bicyclic) bond motifs is 1. The van der Waals surface area contributed by atoms with Crippen LogP contribution < -0.4 is 9.62 Å². The zero-order valence-electron chi connectivity index (χ0n) is 23.6. The Kier molecular flexibility index (Phi) is 9.08. The summed E-state index contributed by atoms with van der Waals surface area (Å²) in [5.41, 5.74) is 5.73. The maximum Gasteiger partial charge on any atom is 0.241 e. The van der Waals surface area contributed by atoms with Crippen molar-refractivity contribution in [3.63, 3.8) is 0 Å². The van der Waals surface area contributed by atoms with Crippen LogP contribution >= 0.6 is 11.6 Å². The summed E-state index contributed by atoms with van der Waals surface area (Å²) in [4.78, 5) is 20.1. The van der Waals surface area contributed by atoms with Crippen molar-refractivity contribution in [3.05, 3.63) is 124 Å². The Morgan fingerprint density at radius 1 is 1.02 bits per heavy atom. The first-order chi connectivity index (χ1) is 20.1. The van der Waals surface area contributed by atoms with Crippen molar-refractivity contribution in [2.24, 2.45) is 0 Å². The summed E-state index contributed by atoms with van der Waals surface area (Å²) in [5.74, 6) is -0.0973. The maximum atomic E-state index is 13.7. The minimum Gasteiger partial charge on any atom is -0.391 e. The van der Waals surface area contributed by atoms with Crippen molar-refractivity contribution in [1.82, 2.24) is 9.71 Å². The quantitative estimate of drug-likeness (QED) is 0.242. The third-order valence-corrected chi connectivity index (χ3v) is 9.33. The second-order valence-corrected chi connectivity index (χ2v) is 12.8. The van der Waals surface area contributed by atoms with Crippen LogP contribution in [0.15, 0.2) is 89.8 Å². The molecule has 1 aliphatic rings. The van der Waals surface area contributed by atoms with Crippen molar-refractivity contribution in [2.75, 3.05) is 4.90 Å². The van der Waals surface area contributed by atoms with Crippen LogP contribution in [0, 0.1) is 6.92 Å². The Balaban J connectivity index is 1.43. The molecule has 0 fully saturated rings. The van der Waals surface area contributed by atoms with Gasteiger partial charge < -0.3 is 10.0 Å². The van der Waals surface area contributed by atoms with E-state index in [-0.39, 0.29) is 23.8 Å². The predicted octanol–water partition coefficient (Wildman–Crippen LogP) is 5.71. The van der Waals surface area contributed by atoms with Gasteiger partial charge in [-0.15, -0.1) is 0 Å². The average Bonchev–Trinajstić information content (AvgIpc) is 3.28. The number of aryl methyl sites for hydroxylation is 3. The third-order valence-electron chi connectivity index (χ3n) is 7.62. The van der Waals surface area contributed by atoms with Crippen molar-refractivity contribution in [3.8, 4) is 0 Å². The molecule has 0 bridgehead atoms. The van der Waals surface area contributed by atoms with Gasteiger partial charge in [-0.25, -0.2) is 13.1 Å². The predicted molar refractivity (Wildman–Crippen MR) is 165 cm³/mol. The second kappa shape index (κ2) is 12.8. The van der Waals surface area contributed by atoms with Crippen molar-refractivity contribution >= 4 is 33.2 Å². The van der Waals surface area contributed by atoms with Crippen LogP contribution in [0.4, 0.5) is 5.69 Å². The first-order valence-corrected chi connectivity index (χ1v) is 15.9. The largest absolute Gasteiger partial charge is 0.391 e. The number of sulfonamides is 1. The van der Waals surface area contributed by atoms with E-state index in [2.05, 4.69) is 9.71 Å². The van der Waals surface area contributed by atoms with E-state index in [1.54, 1.807) is 41.3 Å². The Labute approximate surface area is 252 Å². The molecule has 1 amide bonds. The van der Waals surface area contributed by atoms with Gasteiger partial charge in [-0.2, -0.15) is 0 Å². The zero-order valence-corrected chi connectivity index (χ0v) is 25.2. The topological polar surface area (TPSA) is 99.6 Å². The van der Waals surface area contributed by atoms with Gasteiger partial charge in [0.15, 0.2) is 0 Å². The molecule has 2 atom stereocenters. The van der Waals surface area contributed by atoms with E-state index < -0.39 is 22.2 Å². The fourth-order valence-corrected chi connectivity index (χ4v) is 6.64. The molecule has 1 aromatic heterocycles. The number of amides is 1. The summed E-state index contributed by atoms with van der Waals surface area (Å²) in [6.07, 6.45) is 0.973. The number of carbonyl (C=O) groups excluding carboxylic acids is 1. The molecule has 1 heterocycles. The van der Waals surface area contributed by atoms with E-state index in [1.807, 2.05) is 62.4 Å².